The number of hydrogen-bond donors (Lipinski definition) is 2. The molecule has 0 fully saturated rings. The fourth-order valence-electron chi connectivity index (χ4n) is 1.61. The van der Waals surface area contributed by atoms with Crippen LogP contribution in [0.25, 0.3) is 0 Å². The van der Waals surface area contributed by atoms with Crippen LogP contribution in [0.4, 0.5) is 21.3 Å². The van der Waals surface area contributed by atoms with Gasteiger partial charge < -0.3 is 5.32 Å². The Balaban J connectivity index is 2.03. The lowest BCUT2D eigenvalue weighted by molar-refractivity contribution is -0.383. The Morgan fingerprint density at radius 1 is 1.33 bits per heavy atom. The number of carbonyl (C=O) groups is 1. The van der Waals surface area contributed by atoms with Gasteiger partial charge in [0, 0.05) is 12.5 Å². The number of rotatable bonds is 5. The Hall–Kier alpha value is -2.55. The Labute approximate surface area is 124 Å². The zero-order chi connectivity index (χ0) is 15.2. The van der Waals surface area contributed by atoms with E-state index in [4.69, 9.17) is 0 Å². The van der Waals surface area contributed by atoms with Crippen LogP contribution in [-0.2, 0) is 6.42 Å². The number of nitro benzene ring substituents is 1. The third kappa shape index (κ3) is 3.96. The molecule has 9 heteroatoms. The van der Waals surface area contributed by atoms with Crippen molar-refractivity contribution in [3.8, 4) is 0 Å². The molecule has 8 nitrogen and oxygen atoms in total. The number of aryl methyl sites for hydroxylation is 1. The Kier molecular flexibility index (Phi) is 4.77. The summed E-state index contributed by atoms with van der Waals surface area (Å²) in [5.74, 6) is 0. The second-order valence-electron chi connectivity index (χ2n) is 4.10. The van der Waals surface area contributed by atoms with Crippen LogP contribution in [0.5, 0.6) is 0 Å². The number of nitrogens with zero attached hydrogens (tertiary/aromatic N) is 3. The number of anilines is 2. The van der Waals surface area contributed by atoms with E-state index in [0.29, 0.717) is 5.13 Å². The molecule has 0 atom stereocenters. The van der Waals surface area contributed by atoms with Crippen LogP contribution in [0.15, 0.2) is 24.3 Å². The third-order valence-corrected chi connectivity index (χ3v) is 3.40. The van der Waals surface area contributed by atoms with Crippen LogP contribution < -0.4 is 10.6 Å². The number of benzene rings is 1. The van der Waals surface area contributed by atoms with Gasteiger partial charge in [-0.3, -0.25) is 15.4 Å². The maximum atomic E-state index is 11.8. The minimum absolute atomic E-state index is 0.123. The van der Waals surface area contributed by atoms with Crippen molar-refractivity contribution in [1.82, 2.24) is 10.2 Å². The molecular formula is C12H13N5O3S. The van der Waals surface area contributed by atoms with Crippen molar-refractivity contribution in [2.75, 3.05) is 10.6 Å². The minimum atomic E-state index is -0.594. The summed E-state index contributed by atoms with van der Waals surface area (Å²) < 4.78 is 0. The maximum absolute atomic E-state index is 11.8. The maximum Gasteiger partial charge on any atom is 0.325 e. The van der Waals surface area contributed by atoms with Crippen molar-refractivity contribution < 1.29 is 9.72 Å². The highest BCUT2D eigenvalue weighted by Gasteiger charge is 2.15. The van der Waals surface area contributed by atoms with Crippen molar-refractivity contribution in [3.63, 3.8) is 0 Å². The van der Waals surface area contributed by atoms with Crippen LogP contribution >= 0.6 is 11.3 Å². The normalized spacial score (nSPS) is 10.1. The number of hydrogen-bond acceptors (Lipinski definition) is 6. The Bertz CT molecular complexity index is 658. The van der Waals surface area contributed by atoms with Gasteiger partial charge in [0.15, 0.2) is 0 Å². The molecular weight excluding hydrogens is 294 g/mol. The molecule has 0 saturated heterocycles. The van der Waals surface area contributed by atoms with Crippen LogP contribution in [0.2, 0.25) is 0 Å². The number of amides is 2. The summed E-state index contributed by atoms with van der Waals surface area (Å²) in [7, 11) is 0. The van der Waals surface area contributed by atoms with E-state index in [1.165, 1.54) is 29.5 Å². The van der Waals surface area contributed by atoms with E-state index in [-0.39, 0.29) is 11.4 Å². The first-order valence-corrected chi connectivity index (χ1v) is 7.05. The zero-order valence-corrected chi connectivity index (χ0v) is 12.0. The van der Waals surface area contributed by atoms with E-state index in [2.05, 4.69) is 20.8 Å². The smallest absolute Gasteiger partial charge is 0.302 e. The lowest BCUT2D eigenvalue weighted by Crippen LogP contribution is -2.19. The molecule has 0 aliphatic heterocycles. The van der Waals surface area contributed by atoms with Crippen LogP contribution in [0.3, 0.4) is 0 Å². The largest absolute Gasteiger partial charge is 0.325 e. The summed E-state index contributed by atoms with van der Waals surface area (Å²) in [6.07, 6.45) is 1.74. The SMILES string of the molecule is CCCc1nnc(NC(=O)Nc2ccccc2[N+](=O)[O-])s1. The summed E-state index contributed by atoms with van der Waals surface area (Å²) in [4.78, 5) is 22.1. The van der Waals surface area contributed by atoms with Gasteiger partial charge in [0.2, 0.25) is 5.13 Å². The quantitative estimate of drug-likeness (QED) is 0.651. The first kappa shape index (κ1) is 14.9. The summed E-state index contributed by atoms with van der Waals surface area (Å²) in [6, 6.07) is 5.32. The van der Waals surface area contributed by atoms with Crippen molar-refractivity contribution in [3.05, 3.63) is 39.4 Å². The highest BCUT2D eigenvalue weighted by atomic mass is 32.1. The standard InChI is InChI=1S/C12H13N5O3S/c1-2-5-10-15-16-12(21-10)14-11(18)13-8-6-3-4-7-9(8)17(19)20/h3-4,6-7H,2,5H2,1H3,(H2,13,14,16,18). The average Bonchev–Trinajstić information content (AvgIpc) is 2.86. The molecule has 0 aliphatic carbocycles. The van der Waals surface area contributed by atoms with E-state index >= 15 is 0 Å². The van der Waals surface area contributed by atoms with Gasteiger partial charge in [0.1, 0.15) is 10.7 Å². The van der Waals surface area contributed by atoms with Gasteiger partial charge >= 0.3 is 6.03 Å². The van der Waals surface area contributed by atoms with E-state index in [1.54, 1.807) is 6.07 Å². The first-order valence-electron chi connectivity index (χ1n) is 6.24. The number of urea groups is 1. The van der Waals surface area contributed by atoms with Gasteiger partial charge in [-0.1, -0.05) is 30.4 Å². The summed E-state index contributed by atoms with van der Waals surface area (Å²) >= 11 is 1.28. The fraction of sp³-hybridized carbons (Fsp3) is 0.250. The van der Waals surface area contributed by atoms with Crippen molar-refractivity contribution in [1.29, 1.82) is 0 Å². The van der Waals surface area contributed by atoms with Gasteiger partial charge in [0.25, 0.3) is 5.69 Å². The van der Waals surface area contributed by atoms with Crippen molar-refractivity contribution in [2.45, 2.75) is 19.8 Å². The zero-order valence-electron chi connectivity index (χ0n) is 11.2. The third-order valence-electron chi connectivity index (χ3n) is 2.50. The topological polar surface area (TPSA) is 110 Å². The number of aromatic nitrogens is 2. The van der Waals surface area contributed by atoms with Gasteiger partial charge in [-0.05, 0) is 12.5 Å². The summed E-state index contributed by atoms with van der Waals surface area (Å²) in [5.41, 5.74) is -0.0464. The molecule has 2 N–H and O–H groups in total. The average molecular weight is 307 g/mol. The first-order chi connectivity index (χ1) is 10.1. The minimum Gasteiger partial charge on any atom is -0.302 e. The molecule has 0 bridgehead atoms. The lowest BCUT2D eigenvalue weighted by Gasteiger charge is -2.05. The molecule has 0 unspecified atom stereocenters. The van der Waals surface area contributed by atoms with Crippen molar-refractivity contribution >= 4 is 33.9 Å². The summed E-state index contributed by atoms with van der Waals surface area (Å²) in [5, 5.41) is 24.7. The molecule has 21 heavy (non-hydrogen) atoms. The molecule has 1 heterocycles. The van der Waals surface area contributed by atoms with Crippen LogP contribution in [0, 0.1) is 10.1 Å². The molecule has 0 spiro atoms. The molecule has 1 aromatic carbocycles. The lowest BCUT2D eigenvalue weighted by atomic mass is 10.3. The van der Waals surface area contributed by atoms with Gasteiger partial charge in [-0.15, -0.1) is 10.2 Å². The van der Waals surface area contributed by atoms with E-state index in [0.717, 1.165) is 17.8 Å². The van der Waals surface area contributed by atoms with Gasteiger partial charge in [0.05, 0.1) is 4.92 Å². The number of para-hydroxylation sites is 2. The Morgan fingerprint density at radius 3 is 2.81 bits per heavy atom. The molecule has 2 aromatic rings. The molecule has 1 aromatic heterocycles. The number of nitro groups is 1. The number of nitrogens with one attached hydrogen (secondary N) is 2. The monoisotopic (exact) mass is 307 g/mol. The van der Waals surface area contributed by atoms with Crippen molar-refractivity contribution in [2.24, 2.45) is 0 Å². The Morgan fingerprint density at radius 2 is 2.10 bits per heavy atom. The second-order valence-corrected chi connectivity index (χ2v) is 5.17. The van der Waals surface area contributed by atoms with Crippen LogP contribution in [-0.4, -0.2) is 21.2 Å². The predicted octanol–water partition coefficient (Wildman–Crippen LogP) is 3.04. The summed E-state index contributed by atoms with van der Waals surface area (Å²) in [6.45, 7) is 2.02. The van der Waals surface area contributed by atoms with Crippen LogP contribution in [0.1, 0.15) is 18.4 Å². The molecule has 2 amide bonds. The van der Waals surface area contributed by atoms with Gasteiger partial charge in [-0.25, -0.2) is 4.79 Å². The fourth-order valence-corrected chi connectivity index (χ4v) is 2.44. The predicted molar refractivity (Wildman–Crippen MR) is 79.6 cm³/mol. The molecule has 110 valence electrons. The molecule has 0 aliphatic rings. The highest BCUT2D eigenvalue weighted by Crippen LogP contribution is 2.23. The highest BCUT2D eigenvalue weighted by molar-refractivity contribution is 7.15. The molecule has 0 saturated carbocycles. The molecule has 0 radical (unpaired) electrons. The van der Waals surface area contributed by atoms with Gasteiger partial charge in [-0.2, -0.15) is 0 Å². The van der Waals surface area contributed by atoms with E-state index in [1.807, 2.05) is 6.92 Å². The number of carbonyl (C=O) groups excluding carboxylic acids is 1. The van der Waals surface area contributed by atoms with E-state index in [9.17, 15) is 14.9 Å². The van der Waals surface area contributed by atoms with E-state index < -0.39 is 11.0 Å². The second kappa shape index (κ2) is 6.75. The molecule has 2 rings (SSSR count).